The first kappa shape index (κ1) is 23.8. The Kier molecular flexibility index (Phi) is 6.36. The first-order valence-corrected chi connectivity index (χ1v) is 12.8. The lowest BCUT2D eigenvalue weighted by molar-refractivity contribution is -0.113. The highest BCUT2D eigenvalue weighted by Crippen LogP contribution is 2.27. The van der Waals surface area contributed by atoms with Crippen molar-refractivity contribution < 1.29 is 4.79 Å². The van der Waals surface area contributed by atoms with Crippen LogP contribution in [0.1, 0.15) is 36.5 Å². The zero-order valence-electron chi connectivity index (χ0n) is 20.6. The number of hydrogen-bond acceptors (Lipinski definition) is 5. The molecule has 1 N–H and O–H groups in total. The Hall–Kier alpha value is -3.91. The van der Waals surface area contributed by atoms with Crippen LogP contribution in [0.2, 0.25) is 0 Å². The van der Waals surface area contributed by atoms with Crippen molar-refractivity contribution in [1.29, 1.82) is 0 Å². The number of para-hydroxylation sites is 2. The highest BCUT2D eigenvalue weighted by atomic mass is 32.2. The molecule has 7 nitrogen and oxygen atoms in total. The summed E-state index contributed by atoms with van der Waals surface area (Å²) in [4.78, 5) is 26.4. The molecule has 0 radical (unpaired) electrons. The number of fused-ring (bicyclic) bond motifs is 3. The third-order valence-electron chi connectivity index (χ3n) is 6.03. The predicted octanol–water partition coefficient (Wildman–Crippen LogP) is 5.50. The molecule has 0 unspecified atom stereocenters. The third-order valence-corrected chi connectivity index (χ3v) is 6.96. The molecule has 182 valence electrons. The van der Waals surface area contributed by atoms with E-state index in [1.54, 1.807) is 4.57 Å². The zero-order chi connectivity index (χ0) is 25.4. The molecule has 8 heteroatoms. The van der Waals surface area contributed by atoms with Gasteiger partial charge in [0.2, 0.25) is 11.7 Å². The van der Waals surface area contributed by atoms with Gasteiger partial charge in [-0.25, -0.2) is 4.57 Å². The quantitative estimate of drug-likeness (QED) is 0.313. The molecule has 5 rings (SSSR count). The maximum absolute atomic E-state index is 13.7. The molecule has 0 atom stereocenters. The van der Waals surface area contributed by atoms with Crippen molar-refractivity contribution in [3.8, 4) is 5.69 Å². The van der Waals surface area contributed by atoms with E-state index in [2.05, 4.69) is 35.4 Å². The number of amides is 1. The highest BCUT2D eigenvalue weighted by molar-refractivity contribution is 7.99. The summed E-state index contributed by atoms with van der Waals surface area (Å²) in [5.74, 6) is 0.656. The Balaban J connectivity index is 1.57. The van der Waals surface area contributed by atoms with Crippen LogP contribution in [-0.2, 0) is 4.79 Å². The summed E-state index contributed by atoms with van der Waals surface area (Å²) >= 11 is 1.29. The van der Waals surface area contributed by atoms with E-state index in [9.17, 15) is 9.59 Å². The standard InChI is InChI=1S/C28H27N5O2S/c1-17(2)21-9-5-7-11-23(21)32-26(35)22-10-6-8-12-24(22)33-27(32)30-31-28(33)36-16-25(34)29-20-14-18(3)13-19(4)15-20/h5-15,17H,16H2,1-4H3,(H,29,34). The molecule has 0 saturated carbocycles. The lowest BCUT2D eigenvalue weighted by atomic mass is 10.0. The average Bonchev–Trinajstić information content (AvgIpc) is 3.26. The van der Waals surface area contributed by atoms with Crippen LogP contribution in [-0.4, -0.2) is 30.8 Å². The fourth-order valence-corrected chi connectivity index (χ4v) is 5.28. The summed E-state index contributed by atoms with van der Waals surface area (Å²) in [5, 5.41) is 12.9. The van der Waals surface area contributed by atoms with Gasteiger partial charge < -0.3 is 5.32 Å². The van der Waals surface area contributed by atoms with Crippen LogP contribution in [0.25, 0.3) is 22.4 Å². The smallest absolute Gasteiger partial charge is 0.267 e. The fourth-order valence-electron chi connectivity index (χ4n) is 4.54. The van der Waals surface area contributed by atoms with Gasteiger partial charge in [-0.3, -0.25) is 14.0 Å². The second kappa shape index (κ2) is 9.62. The molecule has 0 aliphatic rings. The molecular formula is C28H27N5O2S. The summed E-state index contributed by atoms with van der Waals surface area (Å²) in [7, 11) is 0. The molecule has 36 heavy (non-hydrogen) atoms. The molecule has 2 aromatic heterocycles. The molecule has 0 spiro atoms. The Morgan fingerprint density at radius 2 is 1.67 bits per heavy atom. The maximum Gasteiger partial charge on any atom is 0.267 e. The van der Waals surface area contributed by atoms with Gasteiger partial charge in [0.25, 0.3) is 5.56 Å². The van der Waals surface area contributed by atoms with E-state index in [1.165, 1.54) is 11.8 Å². The van der Waals surface area contributed by atoms with E-state index in [0.29, 0.717) is 21.8 Å². The predicted molar refractivity (Wildman–Crippen MR) is 145 cm³/mol. The van der Waals surface area contributed by atoms with E-state index in [0.717, 1.165) is 28.1 Å². The molecule has 3 aromatic carbocycles. The Morgan fingerprint density at radius 3 is 2.42 bits per heavy atom. The number of carbonyl (C=O) groups excluding carboxylic acids is 1. The van der Waals surface area contributed by atoms with Gasteiger partial charge in [-0.05, 0) is 66.8 Å². The Bertz CT molecular complexity index is 1650. The zero-order valence-corrected chi connectivity index (χ0v) is 21.5. The highest BCUT2D eigenvalue weighted by Gasteiger charge is 2.20. The van der Waals surface area contributed by atoms with Crippen LogP contribution in [0.5, 0.6) is 0 Å². The summed E-state index contributed by atoms with van der Waals surface area (Å²) in [6.07, 6.45) is 0. The Labute approximate surface area is 213 Å². The normalized spacial score (nSPS) is 11.5. The second-order valence-electron chi connectivity index (χ2n) is 9.20. The minimum absolute atomic E-state index is 0.135. The van der Waals surface area contributed by atoms with Gasteiger partial charge in [-0.1, -0.05) is 62.0 Å². The van der Waals surface area contributed by atoms with E-state index < -0.39 is 0 Å². The molecule has 0 saturated heterocycles. The summed E-state index contributed by atoms with van der Waals surface area (Å²) in [5.41, 5.74) is 5.33. The fraction of sp³-hybridized carbons (Fsp3) is 0.214. The summed E-state index contributed by atoms with van der Waals surface area (Å²) in [6, 6.07) is 21.2. The van der Waals surface area contributed by atoms with Crippen LogP contribution >= 0.6 is 11.8 Å². The summed E-state index contributed by atoms with van der Waals surface area (Å²) in [6.45, 7) is 8.20. The molecule has 1 amide bonds. The number of anilines is 1. The molecule has 0 fully saturated rings. The number of aromatic nitrogens is 4. The topological polar surface area (TPSA) is 81.3 Å². The number of thioether (sulfide) groups is 1. The number of carbonyl (C=O) groups is 1. The molecule has 2 heterocycles. The van der Waals surface area contributed by atoms with Crippen molar-refractivity contribution in [3.05, 3.63) is 93.8 Å². The van der Waals surface area contributed by atoms with Gasteiger partial charge in [0.1, 0.15) is 0 Å². The second-order valence-corrected chi connectivity index (χ2v) is 10.1. The monoisotopic (exact) mass is 497 g/mol. The first-order chi connectivity index (χ1) is 17.3. The van der Waals surface area contributed by atoms with Crippen LogP contribution in [0.3, 0.4) is 0 Å². The van der Waals surface area contributed by atoms with E-state index in [1.807, 2.05) is 78.9 Å². The van der Waals surface area contributed by atoms with E-state index >= 15 is 0 Å². The van der Waals surface area contributed by atoms with E-state index in [-0.39, 0.29) is 23.1 Å². The van der Waals surface area contributed by atoms with Crippen LogP contribution in [0.4, 0.5) is 5.69 Å². The largest absolute Gasteiger partial charge is 0.325 e. The minimum Gasteiger partial charge on any atom is -0.325 e. The van der Waals surface area contributed by atoms with Crippen molar-refractivity contribution in [2.75, 3.05) is 11.1 Å². The SMILES string of the molecule is Cc1cc(C)cc(NC(=O)CSc2nnc3n(-c4ccccc4C(C)C)c(=O)c4ccccc4n23)c1. The third kappa shape index (κ3) is 4.40. The first-order valence-electron chi connectivity index (χ1n) is 11.8. The van der Waals surface area contributed by atoms with Gasteiger partial charge in [0, 0.05) is 5.69 Å². The number of hydrogen-bond donors (Lipinski definition) is 1. The van der Waals surface area contributed by atoms with Gasteiger partial charge in [-0.2, -0.15) is 0 Å². The number of nitrogens with zero attached hydrogens (tertiary/aromatic N) is 4. The van der Waals surface area contributed by atoms with Crippen molar-refractivity contribution in [2.24, 2.45) is 0 Å². The Morgan fingerprint density at radius 1 is 0.972 bits per heavy atom. The average molecular weight is 498 g/mol. The summed E-state index contributed by atoms with van der Waals surface area (Å²) < 4.78 is 3.49. The molecule has 0 bridgehead atoms. The lowest BCUT2D eigenvalue weighted by Gasteiger charge is -2.16. The van der Waals surface area contributed by atoms with Crippen molar-refractivity contribution in [2.45, 2.75) is 38.8 Å². The molecule has 0 aliphatic carbocycles. The van der Waals surface area contributed by atoms with Crippen molar-refractivity contribution >= 4 is 40.0 Å². The van der Waals surface area contributed by atoms with Crippen LogP contribution < -0.4 is 10.9 Å². The van der Waals surface area contributed by atoms with Gasteiger partial charge >= 0.3 is 0 Å². The van der Waals surface area contributed by atoms with Gasteiger partial charge in [0.15, 0.2) is 5.16 Å². The van der Waals surface area contributed by atoms with Crippen molar-refractivity contribution in [1.82, 2.24) is 19.2 Å². The maximum atomic E-state index is 13.7. The van der Waals surface area contributed by atoms with Gasteiger partial charge in [-0.15, -0.1) is 10.2 Å². The van der Waals surface area contributed by atoms with Crippen molar-refractivity contribution in [3.63, 3.8) is 0 Å². The number of aryl methyl sites for hydroxylation is 2. The van der Waals surface area contributed by atoms with Crippen LogP contribution in [0, 0.1) is 13.8 Å². The molecule has 5 aromatic rings. The molecular weight excluding hydrogens is 470 g/mol. The number of nitrogens with one attached hydrogen (secondary N) is 1. The van der Waals surface area contributed by atoms with Crippen LogP contribution in [0.15, 0.2) is 76.7 Å². The number of benzene rings is 3. The van der Waals surface area contributed by atoms with Gasteiger partial charge in [0.05, 0.1) is 22.3 Å². The minimum atomic E-state index is -0.150. The molecule has 0 aliphatic heterocycles. The van der Waals surface area contributed by atoms with E-state index in [4.69, 9.17) is 0 Å². The number of rotatable bonds is 6. The lowest BCUT2D eigenvalue weighted by Crippen LogP contribution is -2.23.